The Bertz CT molecular complexity index is 881. The van der Waals surface area contributed by atoms with Gasteiger partial charge in [-0.3, -0.25) is 4.79 Å². The highest BCUT2D eigenvalue weighted by atomic mass is 16.5. The molecule has 2 aliphatic heterocycles. The maximum atomic E-state index is 13.2. The Morgan fingerprint density at radius 3 is 2.72 bits per heavy atom. The monoisotopic (exact) mass is 391 g/mol. The minimum atomic E-state index is -0.0267. The van der Waals surface area contributed by atoms with Gasteiger partial charge in [-0.15, -0.1) is 0 Å². The van der Waals surface area contributed by atoms with E-state index in [9.17, 15) is 4.79 Å². The molecule has 5 heteroatoms. The maximum Gasteiger partial charge on any atom is 0.225 e. The number of para-hydroxylation sites is 1. The number of carbonyl (C=O) groups is 1. The van der Waals surface area contributed by atoms with Crippen molar-refractivity contribution in [3.05, 3.63) is 54.1 Å². The van der Waals surface area contributed by atoms with Crippen LogP contribution in [-0.4, -0.2) is 45.2 Å². The highest BCUT2D eigenvalue weighted by Gasteiger charge is 2.42. The number of anilines is 2. The fourth-order valence-corrected chi connectivity index (χ4v) is 4.78. The number of rotatable bonds is 5. The third kappa shape index (κ3) is 3.66. The zero-order valence-corrected chi connectivity index (χ0v) is 17.0. The van der Waals surface area contributed by atoms with Crippen molar-refractivity contribution in [1.82, 2.24) is 5.32 Å². The van der Waals surface area contributed by atoms with Crippen LogP contribution in [-0.2, 0) is 11.2 Å². The van der Waals surface area contributed by atoms with Crippen LogP contribution in [0.5, 0.6) is 5.75 Å². The van der Waals surface area contributed by atoms with Crippen molar-refractivity contribution in [3.63, 3.8) is 0 Å². The standard InChI is InChI=1S/C24H29N3O2/c1-29-20-10-9-18-13-21(24(28)25-15-17-7-8-17)23-16-26(19-5-3-2-4-6-19)11-12-27(23)22(18)14-20/h2-6,9-10,14,17,21,23H,7-8,11-13,15-16H2,1H3,(H,25,28)/t21-,23-/m0/s1. The van der Waals surface area contributed by atoms with Crippen LogP contribution in [0, 0.1) is 11.8 Å². The topological polar surface area (TPSA) is 44.8 Å². The number of methoxy groups -OCH3 is 1. The average Bonchev–Trinajstić information content (AvgIpc) is 3.61. The normalized spacial score (nSPS) is 23.2. The molecule has 1 saturated carbocycles. The van der Waals surface area contributed by atoms with Crippen LogP contribution < -0.4 is 19.9 Å². The molecule has 2 heterocycles. The summed E-state index contributed by atoms with van der Waals surface area (Å²) in [5, 5.41) is 3.25. The second kappa shape index (κ2) is 7.62. The average molecular weight is 392 g/mol. The number of benzene rings is 2. The quantitative estimate of drug-likeness (QED) is 0.851. The number of amides is 1. The number of nitrogens with zero attached hydrogens (tertiary/aromatic N) is 2. The highest BCUT2D eigenvalue weighted by molar-refractivity contribution is 5.82. The fraction of sp³-hybridized carbons (Fsp3) is 0.458. The van der Waals surface area contributed by atoms with E-state index >= 15 is 0 Å². The molecule has 3 aliphatic rings. The summed E-state index contributed by atoms with van der Waals surface area (Å²) >= 11 is 0. The minimum absolute atomic E-state index is 0.0267. The summed E-state index contributed by atoms with van der Waals surface area (Å²) in [6.07, 6.45) is 3.30. The minimum Gasteiger partial charge on any atom is -0.497 e. The van der Waals surface area contributed by atoms with E-state index in [1.807, 2.05) is 6.07 Å². The molecule has 2 aromatic carbocycles. The van der Waals surface area contributed by atoms with Crippen LogP contribution in [0.1, 0.15) is 18.4 Å². The molecular formula is C24H29N3O2. The molecular weight excluding hydrogens is 362 g/mol. The van der Waals surface area contributed by atoms with Crippen molar-refractivity contribution in [2.75, 3.05) is 43.1 Å². The van der Waals surface area contributed by atoms with E-state index in [0.29, 0.717) is 5.92 Å². The zero-order chi connectivity index (χ0) is 19.8. The third-order valence-electron chi connectivity index (χ3n) is 6.64. The number of ether oxygens (including phenoxy) is 1. The summed E-state index contributed by atoms with van der Waals surface area (Å²) in [5.41, 5.74) is 3.72. The number of fused-ring (bicyclic) bond motifs is 3. The number of piperazine rings is 1. The van der Waals surface area contributed by atoms with Gasteiger partial charge in [-0.05, 0) is 48.9 Å². The van der Waals surface area contributed by atoms with Crippen LogP contribution >= 0.6 is 0 Å². The molecule has 0 aromatic heterocycles. The first-order valence-electron chi connectivity index (χ1n) is 10.7. The summed E-state index contributed by atoms with van der Waals surface area (Å²) in [4.78, 5) is 18.1. The molecule has 29 heavy (non-hydrogen) atoms. The van der Waals surface area contributed by atoms with Gasteiger partial charge in [0, 0.05) is 43.6 Å². The smallest absolute Gasteiger partial charge is 0.225 e. The predicted octanol–water partition coefficient (Wildman–Crippen LogP) is 3.09. The van der Waals surface area contributed by atoms with E-state index in [-0.39, 0.29) is 17.9 Å². The van der Waals surface area contributed by atoms with Gasteiger partial charge in [0.2, 0.25) is 5.91 Å². The molecule has 0 bridgehead atoms. The summed E-state index contributed by atoms with van der Waals surface area (Å²) < 4.78 is 5.48. The summed E-state index contributed by atoms with van der Waals surface area (Å²) in [6.45, 7) is 3.56. The van der Waals surface area contributed by atoms with Gasteiger partial charge in [0.15, 0.2) is 0 Å². The molecule has 1 saturated heterocycles. The molecule has 0 spiro atoms. The number of carbonyl (C=O) groups excluding carboxylic acids is 1. The molecule has 0 unspecified atom stereocenters. The largest absolute Gasteiger partial charge is 0.497 e. The Morgan fingerprint density at radius 1 is 1.14 bits per heavy atom. The SMILES string of the molecule is COc1ccc2c(c1)N1CCN(c3ccccc3)C[C@H]1[C@@H](C(=O)NCC1CC1)C2. The number of hydrogen-bond acceptors (Lipinski definition) is 4. The third-order valence-corrected chi connectivity index (χ3v) is 6.64. The van der Waals surface area contributed by atoms with E-state index in [0.717, 1.165) is 38.3 Å². The predicted molar refractivity (Wildman–Crippen MR) is 116 cm³/mol. The van der Waals surface area contributed by atoms with Crippen LogP contribution in [0.4, 0.5) is 11.4 Å². The van der Waals surface area contributed by atoms with Gasteiger partial charge in [0.1, 0.15) is 5.75 Å². The Balaban J connectivity index is 1.44. The lowest BCUT2D eigenvalue weighted by molar-refractivity contribution is -0.125. The molecule has 1 aliphatic carbocycles. The van der Waals surface area contributed by atoms with E-state index in [2.05, 4.69) is 57.6 Å². The lowest BCUT2D eigenvalue weighted by Crippen LogP contribution is -2.61. The Hall–Kier alpha value is -2.69. The Labute approximate surface area is 172 Å². The molecule has 5 nitrogen and oxygen atoms in total. The highest BCUT2D eigenvalue weighted by Crippen LogP contribution is 2.39. The van der Waals surface area contributed by atoms with E-state index in [4.69, 9.17) is 4.74 Å². The molecule has 0 radical (unpaired) electrons. The summed E-state index contributed by atoms with van der Waals surface area (Å²) in [7, 11) is 1.71. The molecule has 152 valence electrons. The van der Waals surface area contributed by atoms with Crippen molar-refractivity contribution in [2.24, 2.45) is 11.8 Å². The lowest BCUT2D eigenvalue weighted by Gasteiger charge is -2.49. The summed E-state index contributed by atoms with van der Waals surface area (Å²) in [5.74, 6) is 1.76. The van der Waals surface area contributed by atoms with Gasteiger partial charge < -0.3 is 19.9 Å². The number of hydrogen-bond donors (Lipinski definition) is 1. The van der Waals surface area contributed by atoms with Crippen LogP contribution in [0.2, 0.25) is 0 Å². The first-order chi connectivity index (χ1) is 14.2. The van der Waals surface area contributed by atoms with E-state index in [1.54, 1.807) is 7.11 Å². The van der Waals surface area contributed by atoms with Gasteiger partial charge in [0.25, 0.3) is 0 Å². The summed E-state index contributed by atoms with van der Waals surface area (Å²) in [6, 6.07) is 17.0. The molecule has 2 fully saturated rings. The van der Waals surface area contributed by atoms with Crippen LogP contribution in [0.3, 0.4) is 0 Å². The van der Waals surface area contributed by atoms with Crippen molar-refractivity contribution >= 4 is 17.3 Å². The van der Waals surface area contributed by atoms with Gasteiger partial charge in [-0.1, -0.05) is 24.3 Å². The molecule has 5 rings (SSSR count). The van der Waals surface area contributed by atoms with Crippen LogP contribution in [0.15, 0.2) is 48.5 Å². The molecule has 1 amide bonds. The molecule has 2 atom stereocenters. The van der Waals surface area contributed by atoms with Gasteiger partial charge >= 0.3 is 0 Å². The van der Waals surface area contributed by atoms with Crippen LogP contribution in [0.25, 0.3) is 0 Å². The Kier molecular flexibility index (Phi) is 4.82. The second-order valence-corrected chi connectivity index (χ2v) is 8.54. The lowest BCUT2D eigenvalue weighted by atomic mass is 9.83. The fourth-order valence-electron chi connectivity index (χ4n) is 4.78. The van der Waals surface area contributed by atoms with Crippen molar-refractivity contribution in [1.29, 1.82) is 0 Å². The Morgan fingerprint density at radius 2 is 1.97 bits per heavy atom. The van der Waals surface area contributed by atoms with Gasteiger partial charge in [-0.2, -0.15) is 0 Å². The molecule has 2 aromatic rings. The van der Waals surface area contributed by atoms with Gasteiger partial charge in [-0.25, -0.2) is 0 Å². The van der Waals surface area contributed by atoms with Gasteiger partial charge in [0.05, 0.1) is 19.1 Å². The zero-order valence-electron chi connectivity index (χ0n) is 17.0. The first kappa shape index (κ1) is 18.3. The van der Waals surface area contributed by atoms with Crippen molar-refractivity contribution < 1.29 is 9.53 Å². The van der Waals surface area contributed by atoms with Crippen molar-refractivity contribution in [2.45, 2.75) is 25.3 Å². The number of nitrogens with one attached hydrogen (secondary N) is 1. The van der Waals surface area contributed by atoms with Crippen molar-refractivity contribution in [3.8, 4) is 5.75 Å². The maximum absolute atomic E-state index is 13.2. The van der Waals surface area contributed by atoms with E-state index < -0.39 is 0 Å². The second-order valence-electron chi connectivity index (χ2n) is 8.54. The first-order valence-corrected chi connectivity index (χ1v) is 10.7. The molecule has 1 N–H and O–H groups in total. The van der Waals surface area contributed by atoms with E-state index in [1.165, 1.54) is 29.8 Å².